The molecule has 2 N–H and O–H groups in total. The minimum absolute atomic E-state index is 0. The van der Waals surface area contributed by atoms with Crippen molar-refractivity contribution in [3.05, 3.63) is 35.9 Å². The van der Waals surface area contributed by atoms with Crippen molar-refractivity contribution in [3.63, 3.8) is 0 Å². The van der Waals surface area contributed by atoms with Gasteiger partial charge in [-0.05, 0) is 37.7 Å². The molecule has 1 aliphatic heterocycles. The molecule has 0 aromatic heterocycles. The molecular formula is C20H30ClN3O2. The van der Waals surface area contributed by atoms with Gasteiger partial charge in [0.25, 0.3) is 0 Å². The third-order valence-electron chi connectivity index (χ3n) is 5.54. The summed E-state index contributed by atoms with van der Waals surface area (Å²) in [7, 11) is 0. The van der Waals surface area contributed by atoms with Crippen LogP contribution in [0.2, 0.25) is 0 Å². The molecule has 2 amide bonds. The average Bonchev–Trinajstić information content (AvgIpc) is 3.09. The van der Waals surface area contributed by atoms with E-state index < -0.39 is 0 Å². The quantitative estimate of drug-likeness (QED) is 0.798. The normalized spacial score (nSPS) is 24.3. The predicted octanol–water partition coefficient (Wildman–Crippen LogP) is 2.49. The number of likely N-dealkylation sites (N-methyl/N-ethyl adjacent to an activating group) is 1. The summed E-state index contributed by atoms with van der Waals surface area (Å²) in [4.78, 5) is 26.6. The molecule has 6 heteroatoms. The summed E-state index contributed by atoms with van der Waals surface area (Å²) < 4.78 is 0. The number of benzene rings is 1. The Morgan fingerprint density at radius 3 is 2.62 bits per heavy atom. The van der Waals surface area contributed by atoms with Crippen LogP contribution < -0.4 is 10.6 Å². The zero-order valence-electron chi connectivity index (χ0n) is 15.4. The van der Waals surface area contributed by atoms with Gasteiger partial charge in [-0.3, -0.25) is 9.59 Å². The van der Waals surface area contributed by atoms with E-state index in [1.165, 1.54) is 25.7 Å². The molecule has 26 heavy (non-hydrogen) atoms. The maximum absolute atomic E-state index is 12.4. The summed E-state index contributed by atoms with van der Waals surface area (Å²) in [5, 5.41) is 6.30. The van der Waals surface area contributed by atoms with Crippen molar-refractivity contribution in [1.29, 1.82) is 0 Å². The maximum atomic E-state index is 12.4. The number of fused-ring (bicyclic) bond motifs is 1. The molecule has 3 atom stereocenters. The summed E-state index contributed by atoms with van der Waals surface area (Å²) in [6.07, 6.45) is 5.84. The lowest BCUT2D eigenvalue weighted by Gasteiger charge is -2.24. The number of hydrogen-bond acceptors (Lipinski definition) is 3. The van der Waals surface area contributed by atoms with E-state index in [0.717, 1.165) is 12.0 Å². The second-order valence-electron chi connectivity index (χ2n) is 7.22. The fraction of sp³-hybridized carbons (Fsp3) is 0.600. The van der Waals surface area contributed by atoms with Crippen LogP contribution in [0.1, 0.15) is 44.6 Å². The Morgan fingerprint density at radius 1 is 1.19 bits per heavy atom. The van der Waals surface area contributed by atoms with Crippen LogP contribution in [0.5, 0.6) is 0 Å². The number of carbonyl (C=O) groups excluding carboxylic acids is 2. The predicted molar refractivity (Wildman–Crippen MR) is 105 cm³/mol. The van der Waals surface area contributed by atoms with E-state index in [1.807, 2.05) is 37.3 Å². The number of carbonyl (C=O) groups is 2. The molecule has 144 valence electrons. The first kappa shape index (κ1) is 20.7. The van der Waals surface area contributed by atoms with Gasteiger partial charge in [-0.15, -0.1) is 12.4 Å². The number of rotatable bonds is 6. The molecule has 1 aromatic carbocycles. The zero-order chi connectivity index (χ0) is 17.6. The smallest absolute Gasteiger partial charge is 0.242 e. The monoisotopic (exact) mass is 379 g/mol. The van der Waals surface area contributed by atoms with E-state index in [1.54, 1.807) is 4.90 Å². The molecule has 1 heterocycles. The lowest BCUT2D eigenvalue weighted by molar-refractivity contribution is -0.133. The Kier molecular flexibility index (Phi) is 7.91. The fourth-order valence-electron chi connectivity index (χ4n) is 4.10. The molecule has 3 rings (SSSR count). The van der Waals surface area contributed by atoms with Gasteiger partial charge in [0.1, 0.15) is 0 Å². The second-order valence-corrected chi connectivity index (χ2v) is 7.22. The highest BCUT2D eigenvalue weighted by Gasteiger charge is 2.38. The van der Waals surface area contributed by atoms with Gasteiger partial charge in [0.05, 0.1) is 12.6 Å². The van der Waals surface area contributed by atoms with Crippen molar-refractivity contribution in [2.24, 2.45) is 5.92 Å². The highest BCUT2D eigenvalue weighted by atomic mass is 35.5. The largest absolute Gasteiger partial charge is 0.346 e. The Hall–Kier alpha value is -1.59. The second kappa shape index (κ2) is 9.93. The Morgan fingerprint density at radius 2 is 1.92 bits per heavy atom. The van der Waals surface area contributed by atoms with Gasteiger partial charge in [0.15, 0.2) is 0 Å². The van der Waals surface area contributed by atoms with E-state index in [2.05, 4.69) is 10.6 Å². The zero-order valence-corrected chi connectivity index (χ0v) is 16.3. The molecule has 0 bridgehead atoms. The lowest BCUT2D eigenvalue weighted by atomic mass is 9.85. The fourth-order valence-corrected chi connectivity index (χ4v) is 4.10. The van der Waals surface area contributed by atoms with Crippen LogP contribution in [0.3, 0.4) is 0 Å². The topological polar surface area (TPSA) is 61.4 Å². The Labute approximate surface area is 162 Å². The number of nitrogens with one attached hydrogen (secondary N) is 2. The first-order valence-electron chi connectivity index (χ1n) is 9.53. The molecule has 1 saturated carbocycles. The third kappa shape index (κ3) is 5.21. The van der Waals surface area contributed by atoms with E-state index >= 15 is 0 Å². The number of halogens is 1. The van der Waals surface area contributed by atoms with Crippen molar-refractivity contribution in [3.8, 4) is 0 Å². The molecular weight excluding hydrogens is 350 g/mol. The molecule has 1 aliphatic carbocycles. The van der Waals surface area contributed by atoms with Gasteiger partial charge in [0, 0.05) is 19.1 Å². The molecule has 5 nitrogen and oxygen atoms in total. The van der Waals surface area contributed by atoms with Gasteiger partial charge in [-0.2, -0.15) is 0 Å². The molecule has 2 fully saturated rings. The summed E-state index contributed by atoms with van der Waals surface area (Å²) in [5.41, 5.74) is 1.10. The summed E-state index contributed by atoms with van der Waals surface area (Å²) in [6, 6.07) is 10.3. The third-order valence-corrected chi connectivity index (χ3v) is 5.54. The molecule has 1 aromatic rings. The van der Waals surface area contributed by atoms with Gasteiger partial charge in [0.2, 0.25) is 11.8 Å². The van der Waals surface area contributed by atoms with Crippen molar-refractivity contribution in [2.75, 3.05) is 13.1 Å². The van der Waals surface area contributed by atoms with Crippen LogP contribution in [0.15, 0.2) is 30.3 Å². The van der Waals surface area contributed by atoms with Gasteiger partial charge in [-0.1, -0.05) is 43.2 Å². The minimum atomic E-state index is -0.134. The van der Waals surface area contributed by atoms with E-state index in [-0.39, 0.29) is 36.8 Å². The lowest BCUT2D eigenvalue weighted by Crippen LogP contribution is -2.47. The molecule has 0 radical (unpaired) electrons. The molecule has 0 spiro atoms. The molecule has 3 unspecified atom stereocenters. The van der Waals surface area contributed by atoms with Crippen LogP contribution in [0.25, 0.3) is 0 Å². The summed E-state index contributed by atoms with van der Waals surface area (Å²) in [6.45, 7) is 3.26. The first-order chi connectivity index (χ1) is 12.2. The SMILES string of the molecule is CCN(Cc1ccccc1)C(=O)CNC(=O)C1CC2CCCCC2N1.Cl. The van der Waals surface area contributed by atoms with E-state index in [9.17, 15) is 9.59 Å². The van der Waals surface area contributed by atoms with Crippen molar-refractivity contribution >= 4 is 24.2 Å². The number of amides is 2. The molecule has 2 aliphatic rings. The standard InChI is InChI=1S/C20H29N3O2.ClH/c1-2-23(14-15-8-4-3-5-9-15)19(24)13-21-20(25)18-12-16-10-6-7-11-17(16)22-18;/h3-5,8-9,16-18,22H,2,6-7,10-14H2,1H3,(H,21,25);1H. The first-order valence-corrected chi connectivity index (χ1v) is 9.53. The van der Waals surface area contributed by atoms with Gasteiger partial charge in [-0.25, -0.2) is 0 Å². The van der Waals surface area contributed by atoms with Crippen LogP contribution in [0.4, 0.5) is 0 Å². The van der Waals surface area contributed by atoms with Gasteiger partial charge >= 0.3 is 0 Å². The molecule has 1 saturated heterocycles. The van der Waals surface area contributed by atoms with Crippen molar-refractivity contribution < 1.29 is 9.59 Å². The maximum Gasteiger partial charge on any atom is 0.242 e. The number of nitrogens with zero attached hydrogens (tertiary/aromatic N) is 1. The van der Waals surface area contributed by atoms with E-state index in [0.29, 0.717) is 25.0 Å². The highest BCUT2D eigenvalue weighted by molar-refractivity contribution is 5.87. The summed E-state index contributed by atoms with van der Waals surface area (Å²) in [5.74, 6) is 0.569. The van der Waals surface area contributed by atoms with Crippen molar-refractivity contribution in [1.82, 2.24) is 15.5 Å². The highest BCUT2D eigenvalue weighted by Crippen LogP contribution is 2.33. The van der Waals surface area contributed by atoms with Crippen LogP contribution in [0, 0.1) is 5.92 Å². The van der Waals surface area contributed by atoms with Gasteiger partial charge < -0.3 is 15.5 Å². The van der Waals surface area contributed by atoms with Crippen LogP contribution in [-0.4, -0.2) is 41.9 Å². The summed E-state index contributed by atoms with van der Waals surface area (Å²) >= 11 is 0. The van der Waals surface area contributed by atoms with Crippen LogP contribution in [-0.2, 0) is 16.1 Å². The van der Waals surface area contributed by atoms with Crippen LogP contribution >= 0.6 is 12.4 Å². The Bertz CT molecular complexity index is 582. The minimum Gasteiger partial charge on any atom is -0.346 e. The Balaban J connectivity index is 0.00000243. The average molecular weight is 380 g/mol. The van der Waals surface area contributed by atoms with Crippen molar-refractivity contribution in [2.45, 2.75) is 57.7 Å². The number of hydrogen-bond donors (Lipinski definition) is 2. The van der Waals surface area contributed by atoms with E-state index in [4.69, 9.17) is 0 Å².